The first-order valence-electron chi connectivity index (χ1n) is 8.97. The van der Waals surface area contributed by atoms with E-state index >= 15 is 0 Å². The summed E-state index contributed by atoms with van der Waals surface area (Å²) < 4.78 is 5.10. The SMILES string of the molecule is COc1ccc(NC(=O)c2ccc(NC(=O)CSCc3ccccn3)cc2)cc1. The van der Waals surface area contributed by atoms with Crippen molar-refractivity contribution in [1.82, 2.24) is 4.98 Å². The third kappa shape index (κ3) is 6.36. The number of methoxy groups -OCH3 is 1. The molecule has 7 heteroatoms. The molecule has 6 nitrogen and oxygen atoms in total. The molecule has 0 bridgehead atoms. The Hall–Kier alpha value is -3.32. The predicted octanol–water partition coefficient (Wildman–Crippen LogP) is 4.21. The van der Waals surface area contributed by atoms with Crippen LogP contribution in [0.2, 0.25) is 0 Å². The fourth-order valence-electron chi connectivity index (χ4n) is 2.51. The standard InChI is InChI=1S/C22H21N3O3S/c1-28-20-11-9-18(10-12-20)25-22(27)16-5-7-17(8-6-16)24-21(26)15-29-14-19-4-2-3-13-23-19/h2-13H,14-15H2,1H3,(H,24,26)(H,25,27). The number of rotatable bonds is 8. The molecule has 0 unspecified atom stereocenters. The fourth-order valence-corrected chi connectivity index (χ4v) is 3.25. The molecular formula is C22H21N3O3S. The summed E-state index contributed by atoms with van der Waals surface area (Å²) in [5, 5.41) is 5.65. The second kappa shape index (κ2) is 10.3. The second-order valence-corrected chi connectivity index (χ2v) is 7.11. The molecule has 2 aromatic carbocycles. The van der Waals surface area contributed by atoms with Gasteiger partial charge in [0, 0.05) is 28.9 Å². The summed E-state index contributed by atoms with van der Waals surface area (Å²) in [7, 11) is 1.59. The molecule has 148 valence electrons. The van der Waals surface area contributed by atoms with Crippen LogP contribution in [0.3, 0.4) is 0 Å². The Morgan fingerprint density at radius 3 is 2.28 bits per heavy atom. The maximum absolute atomic E-state index is 12.3. The summed E-state index contributed by atoms with van der Waals surface area (Å²) in [5.41, 5.74) is 2.77. The van der Waals surface area contributed by atoms with E-state index in [0.717, 1.165) is 11.4 Å². The van der Waals surface area contributed by atoms with E-state index in [0.29, 0.717) is 28.4 Å². The zero-order chi connectivity index (χ0) is 20.5. The van der Waals surface area contributed by atoms with E-state index in [1.165, 1.54) is 11.8 Å². The van der Waals surface area contributed by atoms with E-state index in [-0.39, 0.29) is 11.8 Å². The number of hydrogen-bond acceptors (Lipinski definition) is 5. The van der Waals surface area contributed by atoms with Gasteiger partial charge in [-0.3, -0.25) is 14.6 Å². The molecule has 0 aliphatic rings. The Balaban J connectivity index is 1.47. The summed E-state index contributed by atoms with van der Waals surface area (Å²) >= 11 is 1.50. The van der Waals surface area contributed by atoms with Crippen molar-refractivity contribution in [3.8, 4) is 5.75 Å². The molecule has 0 radical (unpaired) electrons. The highest BCUT2D eigenvalue weighted by Gasteiger charge is 2.08. The van der Waals surface area contributed by atoms with Gasteiger partial charge < -0.3 is 15.4 Å². The minimum Gasteiger partial charge on any atom is -0.497 e. The minimum absolute atomic E-state index is 0.0960. The van der Waals surface area contributed by atoms with Crippen molar-refractivity contribution in [3.63, 3.8) is 0 Å². The zero-order valence-corrected chi connectivity index (χ0v) is 16.7. The van der Waals surface area contributed by atoms with Gasteiger partial charge in [0.15, 0.2) is 0 Å². The minimum atomic E-state index is -0.223. The first-order chi connectivity index (χ1) is 14.1. The van der Waals surface area contributed by atoms with Crippen LogP contribution in [0.15, 0.2) is 72.9 Å². The van der Waals surface area contributed by atoms with Crippen LogP contribution in [0.25, 0.3) is 0 Å². The topological polar surface area (TPSA) is 80.3 Å². The molecule has 0 aliphatic carbocycles. The number of pyridine rings is 1. The molecule has 0 fully saturated rings. The van der Waals surface area contributed by atoms with Crippen molar-refractivity contribution in [2.75, 3.05) is 23.5 Å². The highest BCUT2D eigenvalue weighted by atomic mass is 32.2. The molecule has 1 aromatic heterocycles. The number of thioether (sulfide) groups is 1. The highest BCUT2D eigenvalue weighted by molar-refractivity contribution is 7.99. The average Bonchev–Trinajstić information content (AvgIpc) is 2.75. The number of amides is 2. The zero-order valence-electron chi connectivity index (χ0n) is 15.9. The molecule has 0 aliphatic heterocycles. The molecule has 0 atom stereocenters. The number of nitrogens with zero attached hydrogens (tertiary/aromatic N) is 1. The van der Waals surface area contributed by atoms with Crippen LogP contribution in [0.5, 0.6) is 5.75 Å². The average molecular weight is 407 g/mol. The van der Waals surface area contributed by atoms with Crippen LogP contribution in [-0.2, 0) is 10.5 Å². The van der Waals surface area contributed by atoms with Gasteiger partial charge in [0.25, 0.3) is 5.91 Å². The van der Waals surface area contributed by atoms with E-state index in [1.54, 1.807) is 61.8 Å². The van der Waals surface area contributed by atoms with Gasteiger partial charge in [-0.25, -0.2) is 0 Å². The lowest BCUT2D eigenvalue weighted by Gasteiger charge is -2.08. The van der Waals surface area contributed by atoms with Crippen LogP contribution in [0, 0.1) is 0 Å². The summed E-state index contributed by atoms with van der Waals surface area (Å²) in [4.78, 5) is 28.6. The van der Waals surface area contributed by atoms with Crippen molar-refractivity contribution >= 4 is 35.0 Å². The Morgan fingerprint density at radius 2 is 1.62 bits per heavy atom. The van der Waals surface area contributed by atoms with Crippen molar-refractivity contribution in [2.45, 2.75) is 5.75 Å². The number of anilines is 2. The lowest BCUT2D eigenvalue weighted by Crippen LogP contribution is -2.15. The van der Waals surface area contributed by atoms with Crippen LogP contribution in [0.4, 0.5) is 11.4 Å². The number of hydrogen-bond donors (Lipinski definition) is 2. The van der Waals surface area contributed by atoms with Gasteiger partial charge in [-0.15, -0.1) is 11.8 Å². The van der Waals surface area contributed by atoms with Crippen LogP contribution < -0.4 is 15.4 Å². The Labute approximate surface area is 173 Å². The fraction of sp³-hybridized carbons (Fsp3) is 0.136. The Bertz CT molecular complexity index is 945. The van der Waals surface area contributed by atoms with Crippen LogP contribution >= 0.6 is 11.8 Å². The van der Waals surface area contributed by atoms with Crippen molar-refractivity contribution in [3.05, 3.63) is 84.2 Å². The summed E-state index contributed by atoms with van der Waals surface area (Å²) in [6.45, 7) is 0. The van der Waals surface area contributed by atoms with E-state index in [2.05, 4.69) is 15.6 Å². The first-order valence-corrected chi connectivity index (χ1v) is 10.1. The van der Waals surface area contributed by atoms with Gasteiger partial charge in [-0.2, -0.15) is 0 Å². The van der Waals surface area contributed by atoms with Gasteiger partial charge in [0.05, 0.1) is 18.6 Å². The number of aromatic nitrogens is 1. The third-order valence-electron chi connectivity index (χ3n) is 3.99. The molecule has 1 heterocycles. The number of carbonyl (C=O) groups excluding carboxylic acids is 2. The monoisotopic (exact) mass is 407 g/mol. The Kier molecular flexibility index (Phi) is 7.24. The van der Waals surface area contributed by atoms with Gasteiger partial charge in [-0.1, -0.05) is 6.07 Å². The highest BCUT2D eigenvalue weighted by Crippen LogP contribution is 2.17. The molecule has 3 aromatic rings. The van der Waals surface area contributed by atoms with E-state index in [1.807, 2.05) is 18.2 Å². The number of ether oxygens (including phenoxy) is 1. The molecule has 2 N–H and O–H groups in total. The molecule has 0 saturated carbocycles. The van der Waals surface area contributed by atoms with Gasteiger partial charge in [0.1, 0.15) is 5.75 Å². The van der Waals surface area contributed by atoms with Crippen LogP contribution in [0.1, 0.15) is 16.1 Å². The van der Waals surface area contributed by atoms with Gasteiger partial charge in [0.2, 0.25) is 5.91 Å². The van der Waals surface area contributed by atoms with Crippen molar-refractivity contribution in [1.29, 1.82) is 0 Å². The first kappa shape index (κ1) is 20.4. The molecule has 2 amide bonds. The van der Waals surface area contributed by atoms with Crippen molar-refractivity contribution in [2.24, 2.45) is 0 Å². The number of carbonyl (C=O) groups is 2. The van der Waals surface area contributed by atoms with E-state index < -0.39 is 0 Å². The molecule has 0 spiro atoms. The van der Waals surface area contributed by atoms with Gasteiger partial charge in [-0.05, 0) is 60.7 Å². The Morgan fingerprint density at radius 1 is 0.931 bits per heavy atom. The largest absolute Gasteiger partial charge is 0.497 e. The maximum Gasteiger partial charge on any atom is 0.255 e. The lowest BCUT2D eigenvalue weighted by molar-refractivity contribution is -0.113. The summed E-state index contributed by atoms with van der Waals surface area (Å²) in [6, 6.07) is 19.6. The normalized spacial score (nSPS) is 10.2. The lowest BCUT2D eigenvalue weighted by atomic mass is 10.2. The molecule has 0 saturated heterocycles. The molecule has 3 rings (SSSR count). The second-order valence-electron chi connectivity index (χ2n) is 6.12. The number of benzene rings is 2. The smallest absolute Gasteiger partial charge is 0.255 e. The molecule has 29 heavy (non-hydrogen) atoms. The summed E-state index contributed by atoms with van der Waals surface area (Å²) in [6.07, 6.45) is 1.74. The van der Waals surface area contributed by atoms with E-state index in [9.17, 15) is 9.59 Å². The van der Waals surface area contributed by atoms with E-state index in [4.69, 9.17) is 4.74 Å². The number of nitrogens with one attached hydrogen (secondary N) is 2. The molecular weight excluding hydrogens is 386 g/mol. The third-order valence-corrected chi connectivity index (χ3v) is 4.95. The van der Waals surface area contributed by atoms with Crippen LogP contribution in [-0.4, -0.2) is 29.7 Å². The van der Waals surface area contributed by atoms with Gasteiger partial charge >= 0.3 is 0 Å². The predicted molar refractivity (Wildman–Crippen MR) is 116 cm³/mol. The van der Waals surface area contributed by atoms with Crippen molar-refractivity contribution < 1.29 is 14.3 Å². The maximum atomic E-state index is 12.3. The summed E-state index contributed by atoms with van der Waals surface area (Å²) in [5.74, 6) is 1.41. The quantitative estimate of drug-likeness (QED) is 0.585.